The van der Waals surface area contributed by atoms with Crippen LogP contribution in [0.5, 0.6) is 0 Å². The van der Waals surface area contributed by atoms with Crippen molar-refractivity contribution < 1.29 is 9.90 Å². The molecule has 7 nitrogen and oxygen atoms in total. The van der Waals surface area contributed by atoms with E-state index in [9.17, 15) is 4.79 Å². The van der Waals surface area contributed by atoms with Gasteiger partial charge in [0.15, 0.2) is 11.9 Å². The SMILES string of the molecule is Cc1nnc2sc(C(N)C(=O)O)nn12. The summed E-state index contributed by atoms with van der Waals surface area (Å²) in [5.74, 6) is -0.493. The summed E-state index contributed by atoms with van der Waals surface area (Å²) in [6.07, 6.45) is 0. The summed E-state index contributed by atoms with van der Waals surface area (Å²) in [5.41, 5.74) is 5.40. The van der Waals surface area contributed by atoms with Gasteiger partial charge in [0.2, 0.25) is 4.96 Å². The van der Waals surface area contributed by atoms with Crippen LogP contribution in [0.3, 0.4) is 0 Å². The van der Waals surface area contributed by atoms with Gasteiger partial charge < -0.3 is 10.8 Å². The van der Waals surface area contributed by atoms with Crippen LogP contribution < -0.4 is 5.73 Å². The summed E-state index contributed by atoms with van der Waals surface area (Å²) in [6.45, 7) is 1.73. The molecule has 14 heavy (non-hydrogen) atoms. The van der Waals surface area contributed by atoms with Gasteiger partial charge in [0, 0.05) is 0 Å². The Labute approximate surface area is 82.2 Å². The summed E-state index contributed by atoms with van der Waals surface area (Å²) < 4.78 is 1.48. The van der Waals surface area contributed by atoms with Gasteiger partial charge in [-0.2, -0.15) is 9.61 Å². The second kappa shape index (κ2) is 3.00. The van der Waals surface area contributed by atoms with Crippen LogP contribution in [-0.4, -0.2) is 30.9 Å². The summed E-state index contributed by atoms with van der Waals surface area (Å²) in [7, 11) is 0. The van der Waals surface area contributed by atoms with Crippen molar-refractivity contribution in [1.29, 1.82) is 0 Å². The maximum absolute atomic E-state index is 10.6. The molecule has 1 atom stereocenters. The van der Waals surface area contributed by atoms with Crippen molar-refractivity contribution in [2.75, 3.05) is 0 Å². The van der Waals surface area contributed by atoms with Gasteiger partial charge in [-0.05, 0) is 6.92 Å². The van der Waals surface area contributed by atoms with E-state index in [2.05, 4.69) is 15.3 Å². The lowest BCUT2D eigenvalue weighted by atomic mass is 10.3. The van der Waals surface area contributed by atoms with Gasteiger partial charge in [-0.15, -0.1) is 10.2 Å². The lowest BCUT2D eigenvalue weighted by molar-refractivity contribution is -0.138. The molecule has 0 fully saturated rings. The van der Waals surface area contributed by atoms with Crippen molar-refractivity contribution in [2.24, 2.45) is 5.73 Å². The molecule has 0 saturated carbocycles. The van der Waals surface area contributed by atoms with Crippen molar-refractivity contribution >= 4 is 22.3 Å². The van der Waals surface area contributed by atoms with Gasteiger partial charge in [0.05, 0.1) is 0 Å². The molecule has 0 aliphatic carbocycles. The number of hydrogen-bond donors (Lipinski definition) is 2. The van der Waals surface area contributed by atoms with Crippen LogP contribution in [0, 0.1) is 6.92 Å². The second-order valence-corrected chi connectivity index (χ2v) is 3.69. The van der Waals surface area contributed by atoms with E-state index >= 15 is 0 Å². The largest absolute Gasteiger partial charge is 0.480 e. The lowest BCUT2D eigenvalue weighted by Crippen LogP contribution is -2.20. The molecule has 2 aromatic rings. The zero-order valence-electron chi connectivity index (χ0n) is 7.21. The number of aliphatic carboxylic acids is 1. The molecule has 0 radical (unpaired) electrons. The van der Waals surface area contributed by atoms with Crippen molar-refractivity contribution in [3.8, 4) is 0 Å². The highest BCUT2D eigenvalue weighted by Crippen LogP contribution is 2.18. The van der Waals surface area contributed by atoms with Crippen molar-refractivity contribution in [1.82, 2.24) is 19.8 Å². The number of aryl methyl sites for hydroxylation is 1. The normalized spacial score (nSPS) is 13.3. The van der Waals surface area contributed by atoms with E-state index in [1.165, 1.54) is 4.52 Å². The minimum Gasteiger partial charge on any atom is -0.480 e. The van der Waals surface area contributed by atoms with Gasteiger partial charge in [0.25, 0.3) is 0 Å². The third-order valence-corrected chi connectivity index (χ3v) is 2.68. The second-order valence-electron chi connectivity index (χ2n) is 2.70. The average molecular weight is 213 g/mol. The molecular formula is C6H7N5O2S. The van der Waals surface area contributed by atoms with E-state index in [0.717, 1.165) is 11.3 Å². The molecule has 0 aliphatic heterocycles. The van der Waals surface area contributed by atoms with Crippen LogP contribution in [0.4, 0.5) is 0 Å². The molecule has 0 aliphatic rings. The maximum Gasteiger partial charge on any atom is 0.327 e. The molecule has 2 heterocycles. The van der Waals surface area contributed by atoms with E-state index < -0.39 is 12.0 Å². The van der Waals surface area contributed by atoms with E-state index in [4.69, 9.17) is 10.8 Å². The molecular weight excluding hydrogens is 206 g/mol. The summed E-state index contributed by atoms with van der Waals surface area (Å²) in [6, 6.07) is -1.10. The number of carbonyl (C=O) groups is 1. The maximum atomic E-state index is 10.6. The van der Waals surface area contributed by atoms with Crippen molar-refractivity contribution in [3.63, 3.8) is 0 Å². The number of hydrogen-bond acceptors (Lipinski definition) is 6. The Kier molecular flexibility index (Phi) is 1.93. The lowest BCUT2D eigenvalue weighted by Gasteiger charge is -1.98. The van der Waals surface area contributed by atoms with E-state index in [1.54, 1.807) is 6.92 Å². The minimum atomic E-state index is -1.10. The fourth-order valence-electron chi connectivity index (χ4n) is 0.961. The number of nitrogens with zero attached hydrogens (tertiary/aromatic N) is 4. The molecule has 2 rings (SSSR count). The molecule has 0 spiro atoms. The molecule has 8 heteroatoms. The van der Waals surface area contributed by atoms with Crippen LogP contribution in [-0.2, 0) is 4.79 Å². The predicted octanol–water partition coefficient (Wildman–Crippen LogP) is -0.421. The first kappa shape index (κ1) is 9.03. The summed E-state index contributed by atoms with van der Waals surface area (Å²) in [4.78, 5) is 11.1. The number of carboxylic acid groups (broad SMARTS) is 1. The molecule has 3 N–H and O–H groups in total. The quantitative estimate of drug-likeness (QED) is 0.701. The van der Waals surface area contributed by atoms with E-state index in [-0.39, 0.29) is 0 Å². The van der Waals surface area contributed by atoms with Crippen LogP contribution in [0.1, 0.15) is 16.9 Å². The van der Waals surface area contributed by atoms with Gasteiger partial charge >= 0.3 is 5.97 Å². The highest BCUT2D eigenvalue weighted by Gasteiger charge is 2.20. The van der Waals surface area contributed by atoms with Crippen LogP contribution in [0.2, 0.25) is 0 Å². The number of fused-ring (bicyclic) bond motifs is 1. The summed E-state index contributed by atoms with van der Waals surface area (Å²) in [5, 5.41) is 20.6. The molecule has 2 aromatic heterocycles. The Morgan fingerprint density at radius 1 is 1.64 bits per heavy atom. The Morgan fingerprint density at radius 2 is 2.36 bits per heavy atom. The van der Waals surface area contributed by atoms with Gasteiger partial charge in [-0.3, -0.25) is 4.79 Å². The number of nitrogens with two attached hydrogens (primary N) is 1. The van der Waals surface area contributed by atoms with Gasteiger partial charge in [0.1, 0.15) is 5.01 Å². The molecule has 0 bridgehead atoms. The number of aromatic nitrogens is 4. The third kappa shape index (κ3) is 1.24. The van der Waals surface area contributed by atoms with Crippen LogP contribution in [0.15, 0.2) is 0 Å². The Morgan fingerprint density at radius 3 is 2.93 bits per heavy atom. The zero-order chi connectivity index (χ0) is 10.3. The highest BCUT2D eigenvalue weighted by atomic mass is 32.1. The van der Waals surface area contributed by atoms with Gasteiger partial charge in [-0.25, -0.2) is 0 Å². The van der Waals surface area contributed by atoms with Crippen molar-refractivity contribution in [3.05, 3.63) is 10.8 Å². The first-order chi connectivity index (χ1) is 6.59. The topological polar surface area (TPSA) is 106 Å². The third-order valence-electron chi connectivity index (χ3n) is 1.69. The van der Waals surface area contributed by atoms with Gasteiger partial charge in [-0.1, -0.05) is 11.3 Å². The fraction of sp³-hybridized carbons (Fsp3) is 0.333. The molecule has 1 unspecified atom stereocenters. The first-order valence-corrected chi connectivity index (χ1v) is 4.58. The minimum absolute atomic E-state index is 0.325. The van der Waals surface area contributed by atoms with E-state index in [0.29, 0.717) is 15.8 Å². The molecule has 0 aromatic carbocycles. The predicted molar refractivity (Wildman–Crippen MR) is 48.0 cm³/mol. The summed E-state index contributed by atoms with van der Waals surface area (Å²) >= 11 is 1.13. The Hall–Kier alpha value is -1.54. The standard InChI is InChI=1S/C6H7N5O2S/c1-2-8-9-6-11(2)10-4(14-6)3(7)5(12)13/h3H,7H2,1H3,(H,12,13). The smallest absolute Gasteiger partial charge is 0.327 e. The Balaban J connectivity index is 2.50. The van der Waals surface area contributed by atoms with Crippen LogP contribution in [0.25, 0.3) is 4.96 Å². The van der Waals surface area contributed by atoms with E-state index in [1.807, 2.05) is 0 Å². The van der Waals surface area contributed by atoms with Crippen LogP contribution >= 0.6 is 11.3 Å². The highest BCUT2D eigenvalue weighted by molar-refractivity contribution is 7.16. The fourth-order valence-corrected chi connectivity index (χ4v) is 1.84. The molecule has 74 valence electrons. The Bertz CT molecular complexity index is 489. The molecule has 0 saturated heterocycles. The first-order valence-electron chi connectivity index (χ1n) is 3.76. The molecule has 0 amide bonds. The average Bonchev–Trinajstić information content (AvgIpc) is 2.67. The monoisotopic (exact) mass is 213 g/mol. The van der Waals surface area contributed by atoms with Crippen molar-refractivity contribution in [2.45, 2.75) is 13.0 Å². The number of carboxylic acids is 1. The zero-order valence-corrected chi connectivity index (χ0v) is 8.02. The number of rotatable bonds is 2.